The van der Waals surface area contributed by atoms with E-state index in [1.165, 1.54) is 19.4 Å². The summed E-state index contributed by atoms with van der Waals surface area (Å²) in [7, 11) is 0. The van der Waals surface area contributed by atoms with E-state index in [1.54, 1.807) is 0 Å². The van der Waals surface area contributed by atoms with E-state index in [-0.39, 0.29) is 5.41 Å². The lowest BCUT2D eigenvalue weighted by molar-refractivity contribution is 0.234. The first-order chi connectivity index (χ1) is 7.83. The monoisotopic (exact) mass is 258 g/mol. The van der Waals surface area contributed by atoms with E-state index in [0.717, 1.165) is 25.4 Å². The molecule has 0 aliphatic heterocycles. The number of hydrogen-bond acceptors (Lipinski definition) is 2. The summed E-state index contributed by atoms with van der Waals surface area (Å²) in [4.78, 5) is 3.17. The van der Waals surface area contributed by atoms with Crippen LogP contribution in [0.4, 0.5) is 0 Å². The summed E-state index contributed by atoms with van der Waals surface area (Å²) in [6.07, 6.45) is 3.52. The smallest absolute Gasteiger partial charge is 0.0784 e. The molecule has 0 aromatic carbocycles. The van der Waals surface area contributed by atoms with Gasteiger partial charge in [0.25, 0.3) is 0 Å². The Morgan fingerprint density at radius 1 is 1.35 bits per heavy atom. The van der Waals surface area contributed by atoms with Crippen molar-refractivity contribution in [3.63, 3.8) is 0 Å². The average Bonchev–Trinajstić information content (AvgIpc) is 2.26. The predicted octanol–water partition coefficient (Wildman–Crippen LogP) is 3.45. The molecule has 0 saturated heterocycles. The zero-order valence-corrected chi connectivity index (χ0v) is 13.1. The van der Waals surface area contributed by atoms with Gasteiger partial charge in [-0.1, -0.05) is 53.3 Å². The molecule has 0 heterocycles. The molecule has 2 nitrogen and oxygen atoms in total. The summed E-state index contributed by atoms with van der Waals surface area (Å²) in [6, 6.07) is 0. The Morgan fingerprint density at radius 2 is 1.94 bits per heavy atom. The highest BCUT2D eigenvalue weighted by Crippen LogP contribution is 2.22. The van der Waals surface area contributed by atoms with Crippen molar-refractivity contribution >= 4 is 17.2 Å². The molecular formula is C14H30N2S. The fourth-order valence-corrected chi connectivity index (χ4v) is 1.92. The zero-order chi connectivity index (χ0) is 13.5. The van der Waals surface area contributed by atoms with Gasteiger partial charge in [-0.2, -0.15) is 0 Å². The molecule has 0 saturated carbocycles. The quantitative estimate of drug-likeness (QED) is 0.642. The Bertz CT molecular complexity index is 226. The Hall–Kier alpha value is -0.150. The van der Waals surface area contributed by atoms with Crippen LogP contribution in [0.3, 0.4) is 0 Å². The molecule has 1 atom stereocenters. The maximum atomic E-state index is 5.74. The molecule has 2 N–H and O–H groups in total. The van der Waals surface area contributed by atoms with Crippen LogP contribution in [0.2, 0.25) is 0 Å². The highest BCUT2D eigenvalue weighted by molar-refractivity contribution is 7.80. The van der Waals surface area contributed by atoms with E-state index in [0.29, 0.717) is 4.99 Å². The van der Waals surface area contributed by atoms with E-state index < -0.39 is 0 Å². The first-order valence-electron chi connectivity index (χ1n) is 6.85. The van der Waals surface area contributed by atoms with Crippen LogP contribution in [-0.4, -0.2) is 29.5 Å². The summed E-state index contributed by atoms with van der Waals surface area (Å²) in [5.74, 6) is 0.790. The van der Waals surface area contributed by atoms with Crippen LogP contribution in [-0.2, 0) is 0 Å². The Balaban J connectivity index is 3.96. The van der Waals surface area contributed by atoms with Gasteiger partial charge in [0.1, 0.15) is 0 Å². The second-order valence-corrected chi connectivity index (χ2v) is 6.20. The first kappa shape index (κ1) is 16.9. The number of thiocarbonyl (C=S) groups is 1. The Labute approximate surface area is 113 Å². The summed E-state index contributed by atoms with van der Waals surface area (Å²) in [5.41, 5.74) is 5.74. The third kappa shape index (κ3) is 6.99. The van der Waals surface area contributed by atoms with Crippen molar-refractivity contribution in [3.05, 3.63) is 0 Å². The van der Waals surface area contributed by atoms with Crippen molar-refractivity contribution in [1.29, 1.82) is 0 Å². The van der Waals surface area contributed by atoms with Crippen LogP contribution in [0.25, 0.3) is 0 Å². The fourth-order valence-electron chi connectivity index (χ4n) is 1.82. The number of hydrogen-bond donors (Lipinski definition) is 1. The second-order valence-electron chi connectivity index (χ2n) is 5.76. The average molecular weight is 258 g/mol. The largest absolute Gasteiger partial charge is 0.393 e. The van der Waals surface area contributed by atoms with Gasteiger partial charge < -0.3 is 10.6 Å². The summed E-state index contributed by atoms with van der Waals surface area (Å²) in [5, 5.41) is 0. The van der Waals surface area contributed by atoms with Crippen LogP contribution in [0.5, 0.6) is 0 Å². The van der Waals surface area contributed by atoms with Crippen LogP contribution in [0.1, 0.15) is 53.9 Å². The third-order valence-electron chi connectivity index (χ3n) is 3.66. The van der Waals surface area contributed by atoms with E-state index in [9.17, 15) is 0 Å². The summed E-state index contributed by atoms with van der Waals surface area (Å²) >= 11 is 5.09. The minimum Gasteiger partial charge on any atom is -0.393 e. The molecule has 3 heteroatoms. The van der Waals surface area contributed by atoms with Gasteiger partial charge in [0.15, 0.2) is 0 Å². The lowest BCUT2D eigenvalue weighted by Gasteiger charge is -2.27. The van der Waals surface area contributed by atoms with Crippen molar-refractivity contribution in [2.75, 3.05) is 19.6 Å². The molecule has 102 valence electrons. The number of nitrogens with zero attached hydrogens (tertiary/aromatic N) is 1. The third-order valence-corrected chi connectivity index (χ3v) is 4.21. The Morgan fingerprint density at radius 3 is 2.35 bits per heavy atom. The second kappa shape index (κ2) is 8.04. The lowest BCUT2D eigenvalue weighted by Crippen LogP contribution is -2.33. The molecule has 17 heavy (non-hydrogen) atoms. The molecule has 0 spiro atoms. The van der Waals surface area contributed by atoms with E-state index in [4.69, 9.17) is 18.0 Å². The normalized spacial score (nSPS) is 14.0. The molecule has 0 aliphatic rings. The van der Waals surface area contributed by atoms with Crippen molar-refractivity contribution in [2.45, 2.75) is 53.9 Å². The van der Waals surface area contributed by atoms with Gasteiger partial charge in [-0.05, 0) is 31.8 Å². The highest BCUT2D eigenvalue weighted by Gasteiger charge is 2.21. The highest BCUT2D eigenvalue weighted by atomic mass is 32.1. The number of nitrogens with two attached hydrogens (primary N) is 1. The molecule has 0 fully saturated rings. The molecule has 0 aromatic rings. The molecule has 0 rings (SSSR count). The maximum absolute atomic E-state index is 5.74. The molecule has 1 unspecified atom stereocenters. The van der Waals surface area contributed by atoms with Gasteiger partial charge in [0.05, 0.1) is 4.99 Å². The minimum atomic E-state index is 0.00508. The van der Waals surface area contributed by atoms with E-state index in [1.807, 2.05) is 0 Å². The van der Waals surface area contributed by atoms with E-state index in [2.05, 4.69) is 39.5 Å². The Kier molecular flexibility index (Phi) is 7.97. The van der Waals surface area contributed by atoms with Gasteiger partial charge in [-0.3, -0.25) is 0 Å². The lowest BCUT2D eigenvalue weighted by atomic mass is 9.88. The SMILES string of the molecule is CCC(C)CN(CC)CCCC(C)(C)C(N)=S. The van der Waals surface area contributed by atoms with Crippen molar-refractivity contribution in [3.8, 4) is 0 Å². The maximum Gasteiger partial charge on any atom is 0.0784 e. The summed E-state index contributed by atoms with van der Waals surface area (Å²) < 4.78 is 0. The van der Waals surface area contributed by atoms with Crippen molar-refractivity contribution in [1.82, 2.24) is 4.90 Å². The molecule has 0 radical (unpaired) electrons. The van der Waals surface area contributed by atoms with Gasteiger partial charge in [0.2, 0.25) is 0 Å². The van der Waals surface area contributed by atoms with Crippen LogP contribution in [0, 0.1) is 11.3 Å². The molecule has 0 aromatic heterocycles. The first-order valence-corrected chi connectivity index (χ1v) is 7.26. The predicted molar refractivity (Wildman–Crippen MR) is 81.4 cm³/mol. The fraction of sp³-hybridized carbons (Fsp3) is 0.929. The molecule has 0 amide bonds. The van der Waals surface area contributed by atoms with Crippen LogP contribution >= 0.6 is 12.2 Å². The minimum absolute atomic E-state index is 0.00508. The van der Waals surface area contributed by atoms with Crippen LogP contribution < -0.4 is 5.73 Å². The number of rotatable bonds is 9. The van der Waals surface area contributed by atoms with Gasteiger partial charge >= 0.3 is 0 Å². The van der Waals surface area contributed by atoms with Gasteiger partial charge in [0, 0.05) is 12.0 Å². The molecule has 0 aliphatic carbocycles. The van der Waals surface area contributed by atoms with Gasteiger partial charge in [-0.25, -0.2) is 0 Å². The zero-order valence-electron chi connectivity index (χ0n) is 12.3. The molecular weight excluding hydrogens is 228 g/mol. The summed E-state index contributed by atoms with van der Waals surface area (Å²) in [6.45, 7) is 14.6. The van der Waals surface area contributed by atoms with Crippen LogP contribution in [0.15, 0.2) is 0 Å². The van der Waals surface area contributed by atoms with Crippen molar-refractivity contribution < 1.29 is 0 Å². The standard InChI is InChI=1S/C14H30N2S/c1-6-12(3)11-16(7-2)10-8-9-14(4,5)13(15)17/h12H,6-11H2,1-5H3,(H2,15,17). The van der Waals surface area contributed by atoms with E-state index >= 15 is 0 Å². The molecule has 0 bridgehead atoms. The van der Waals surface area contributed by atoms with Gasteiger partial charge in [-0.15, -0.1) is 0 Å². The van der Waals surface area contributed by atoms with Crippen molar-refractivity contribution in [2.24, 2.45) is 17.1 Å². The topological polar surface area (TPSA) is 29.3 Å².